The van der Waals surface area contributed by atoms with Crippen LogP contribution in [0.3, 0.4) is 0 Å². The molecule has 0 saturated heterocycles. The van der Waals surface area contributed by atoms with Gasteiger partial charge in [-0.3, -0.25) is 10.3 Å². The van der Waals surface area contributed by atoms with Gasteiger partial charge in [-0.15, -0.1) is 0 Å². The Morgan fingerprint density at radius 1 is 1.03 bits per heavy atom. The molecular formula is C23H18BrFN2O3. The number of hydrogen-bond donors (Lipinski definition) is 2. The van der Waals surface area contributed by atoms with E-state index >= 15 is 0 Å². The molecule has 0 spiro atoms. The average Bonchev–Trinajstić information content (AvgIpc) is 3.23. The molecule has 0 aromatic heterocycles. The maximum Gasteiger partial charge on any atom is 0.231 e. The van der Waals surface area contributed by atoms with E-state index in [9.17, 15) is 9.50 Å². The maximum absolute atomic E-state index is 13.9. The van der Waals surface area contributed by atoms with Crippen molar-refractivity contribution in [1.29, 1.82) is 0 Å². The molecule has 7 heteroatoms. The van der Waals surface area contributed by atoms with Crippen molar-refractivity contribution in [2.75, 3.05) is 6.79 Å². The molecule has 0 bridgehead atoms. The Morgan fingerprint density at radius 2 is 1.90 bits per heavy atom. The Labute approximate surface area is 181 Å². The summed E-state index contributed by atoms with van der Waals surface area (Å²) in [7, 11) is 0. The van der Waals surface area contributed by atoms with Crippen LogP contribution in [0.2, 0.25) is 0 Å². The molecule has 30 heavy (non-hydrogen) atoms. The quantitative estimate of drug-likeness (QED) is 0.551. The lowest BCUT2D eigenvalue weighted by molar-refractivity contribution is 0.174. The zero-order chi connectivity index (χ0) is 20.7. The lowest BCUT2D eigenvalue weighted by Crippen LogP contribution is -2.33. The van der Waals surface area contributed by atoms with E-state index in [2.05, 4.69) is 21.2 Å². The van der Waals surface area contributed by atoms with Crippen molar-refractivity contribution in [3.8, 4) is 17.2 Å². The van der Waals surface area contributed by atoms with Crippen LogP contribution in [-0.2, 0) is 0 Å². The van der Waals surface area contributed by atoms with Crippen molar-refractivity contribution >= 4 is 21.6 Å². The van der Waals surface area contributed by atoms with Crippen molar-refractivity contribution in [2.24, 2.45) is 4.99 Å². The minimum absolute atomic E-state index is 0.195. The van der Waals surface area contributed by atoms with Gasteiger partial charge in [0.15, 0.2) is 11.5 Å². The predicted molar refractivity (Wildman–Crippen MR) is 115 cm³/mol. The first kappa shape index (κ1) is 19.1. The SMILES string of the molecule is Oc1ccc(Br)cc1[C@@H]1CC(c2ccc3c(c2)OCO3)=N[C@H](c2cccc(F)c2)N1. The van der Waals surface area contributed by atoms with E-state index in [0.717, 1.165) is 21.3 Å². The van der Waals surface area contributed by atoms with E-state index in [1.165, 1.54) is 12.1 Å². The molecule has 0 amide bonds. The van der Waals surface area contributed by atoms with Crippen LogP contribution in [0.4, 0.5) is 4.39 Å². The van der Waals surface area contributed by atoms with E-state index in [1.807, 2.05) is 30.3 Å². The second-order valence-electron chi connectivity index (χ2n) is 7.23. The van der Waals surface area contributed by atoms with E-state index in [0.29, 0.717) is 23.5 Å². The van der Waals surface area contributed by atoms with Crippen LogP contribution in [0.25, 0.3) is 0 Å². The van der Waals surface area contributed by atoms with Crippen molar-refractivity contribution in [3.05, 3.63) is 87.6 Å². The molecule has 2 heterocycles. The third-order valence-corrected chi connectivity index (χ3v) is 5.77. The zero-order valence-electron chi connectivity index (χ0n) is 15.8. The fourth-order valence-corrected chi connectivity index (χ4v) is 4.19. The number of ether oxygens (including phenoxy) is 2. The Balaban J connectivity index is 1.58. The number of benzene rings is 3. The van der Waals surface area contributed by atoms with Crippen LogP contribution < -0.4 is 14.8 Å². The van der Waals surface area contributed by atoms with Gasteiger partial charge in [-0.25, -0.2) is 4.39 Å². The topological polar surface area (TPSA) is 63.1 Å². The monoisotopic (exact) mass is 468 g/mol. The van der Waals surface area contributed by atoms with Crippen LogP contribution >= 0.6 is 15.9 Å². The first-order valence-corrected chi connectivity index (χ1v) is 10.3. The molecule has 2 aliphatic heterocycles. The number of halogens is 2. The van der Waals surface area contributed by atoms with Gasteiger partial charge in [0.2, 0.25) is 6.79 Å². The second kappa shape index (κ2) is 7.74. The maximum atomic E-state index is 13.9. The number of phenolic OH excluding ortho intramolecular Hbond substituents is 1. The highest BCUT2D eigenvalue weighted by atomic mass is 79.9. The summed E-state index contributed by atoms with van der Waals surface area (Å²) < 4.78 is 25.7. The number of nitrogens with zero attached hydrogens (tertiary/aromatic N) is 1. The van der Waals surface area contributed by atoms with Crippen LogP contribution in [0.15, 0.2) is 70.1 Å². The van der Waals surface area contributed by atoms with Gasteiger partial charge < -0.3 is 14.6 Å². The van der Waals surface area contributed by atoms with Gasteiger partial charge in [0.05, 0.1) is 0 Å². The average molecular weight is 469 g/mol. The van der Waals surface area contributed by atoms with Gasteiger partial charge >= 0.3 is 0 Å². The van der Waals surface area contributed by atoms with Crippen molar-refractivity contribution in [3.63, 3.8) is 0 Å². The third-order valence-electron chi connectivity index (χ3n) is 5.28. The van der Waals surface area contributed by atoms with Gasteiger partial charge in [0.25, 0.3) is 0 Å². The zero-order valence-corrected chi connectivity index (χ0v) is 17.4. The highest BCUT2D eigenvalue weighted by Crippen LogP contribution is 2.38. The van der Waals surface area contributed by atoms with Crippen molar-refractivity contribution in [1.82, 2.24) is 5.32 Å². The predicted octanol–water partition coefficient (Wildman–Crippen LogP) is 5.25. The molecule has 2 aliphatic rings. The molecule has 2 atom stereocenters. The number of aliphatic imine (C=N–C) groups is 1. The van der Waals surface area contributed by atoms with Crippen LogP contribution in [-0.4, -0.2) is 17.6 Å². The number of hydrogen-bond acceptors (Lipinski definition) is 5. The highest BCUT2D eigenvalue weighted by Gasteiger charge is 2.29. The van der Waals surface area contributed by atoms with Crippen molar-refractivity contribution < 1.29 is 19.0 Å². The van der Waals surface area contributed by atoms with Crippen molar-refractivity contribution in [2.45, 2.75) is 18.6 Å². The lowest BCUT2D eigenvalue weighted by atomic mass is 9.93. The largest absolute Gasteiger partial charge is 0.508 e. The van der Waals surface area contributed by atoms with E-state index in [4.69, 9.17) is 14.5 Å². The fraction of sp³-hybridized carbons (Fsp3) is 0.174. The number of phenols is 1. The Morgan fingerprint density at radius 3 is 2.77 bits per heavy atom. The first-order chi connectivity index (χ1) is 14.6. The molecule has 5 rings (SSSR count). The molecule has 0 radical (unpaired) electrons. The Hall–Kier alpha value is -2.90. The summed E-state index contributed by atoms with van der Waals surface area (Å²) in [6, 6.07) is 17.2. The molecule has 2 N–H and O–H groups in total. The summed E-state index contributed by atoms with van der Waals surface area (Å²) in [4.78, 5) is 4.87. The summed E-state index contributed by atoms with van der Waals surface area (Å²) in [5.41, 5.74) is 3.21. The lowest BCUT2D eigenvalue weighted by Gasteiger charge is -2.31. The minimum Gasteiger partial charge on any atom is -0.508 e. The molecule has 0 fully saturated rings. The van der Waals surface area contributed by atoms with E-state index in [1.54, 1.807) is 18.2 Å². The fourth-order valence-electron chi connectivity index (χ4n) is 3.81. The minimum atomic E-state index is -0.460. The molecule has 0 unspecified atom stereocenters. The Bertz CT molecular complexity index is 1150. The summed E-state index contributed by atoms with van der Waals surface area (Å²) >= 11 is 3.48. The number of aromatic hydroxyl groups is 1. The van der Waals surface area contributed by atoms with Gasteiger partial charge in [-0.2, -0.15) is 0 Å². The molecule has 3 aromatic carbocycles. The molecule has 152 valence electrons. The van der Waals surface area contributed by atoms with Crippen LogP contribution in [0, 0.1) is 5.82 Å². The third kappa shape index (κ3) is 3.66. The smallest absolute Gasteiger partial charge is 0.231 e. The number of fused-ring (bicyclic) bond motifs is 1. The Kier molecular flexibility index (Phi) is 4.92. The molecular weight excluding hydrogens is 451 g/mol. The van der Waals surface area contributed by atoms with Gasteiger partial charge in [-0.1, -0.05) is 28.1 Å². The highest BCUT2D eigenvalue weighted by molar-refractivity contribution is 9.10. The summed E-state index contributed by atoms with van der Waals surface area (Å²) in [6.07, 6.45) is 0.0911. The normalized spacial score (nSPS) is 20.1. The standard InChI is InChI=1S/C23H18BrFN2O3/c24-15-5-6-20(28)17(10-15)19-11-18(13-4-7-21-22(9-13)30-12-29-21)26-23(27-19)14-2-1-3-16(25)8-14/h1-10,19,23,27-28H,11-12H2/t19-,23-/m0/s1. The first-order valence-electron chi connectivity index (χ1n) is 9.53. The van der Waals surface area contributed by atoms with Crippen LogP contribution in [0.5, 0.6) is 17.2 Å². The van der Waals surface area contributed by atoms with Gasteiger partial charge in [0, 0.05) is 28.2 Å². The second-order valence-corrected chi connectivity index (χ2v) is 8.14. The van der Waals surface area contributed by atoms with Crippen LogP contribution in [0.1, 0.15) is 35.3 Å². The molecule has 3 aromatic rings. The summed E-state index contributed by atoms with van der Waals surface area (Å²) in [6.45, 7) is 0.202. The summed E-state index contributed by atoms with van der Waals surface area (Å²) in [5.74, 6) is 1.26. The summed E-state index contributed by atoms with van der Waals surface area (Å²) in [5, 5.41) is 13.9. The number of rotatable bonds is 3. The number of nitrogens with one attached hydrogen (secondary N) is 1. The molecule has 0 aliphatic carbocycles. The molecule has 0 saturated carbocycles. The van der Waals surface area contributed by atoms with Gasteiger partial charge in [-0.05, 0) is 59.7 Å². The van der Waals surface area contributed by atoms with Gasteiger partial charge in [0.1, 0.15) is 17.7 Å². The van der Waals surface area contributed by atoms with E-state index < -0.39 is 6.17 Å². The molecule has 5 nitrogen and oxygen atoms in total. The van der Waals surface area contributed by atoms with E-state index in [-0.39, 0.29) is 24.4 Å².